The van der Waals surface area contributed by atoms with Crippen LogP contribution < -0.4 is 0 Å². The van der Waals surface area contributed by atoms with Gasteiger partial charge in [-0.1, -0.05) is 44.2 Å². The highest BCUT2D eigenvalue weighted by Crippen LogP contribution is 1.99. The third kappa shape index (κ3) is 12.4. The molecule has 106 valence electrons. The Bertz CT molecular complexity index is 371. The van der Waals surface area contributed by atoms with Gasteiger partial charge in [-0.2, -0.15) is 0 Å². The normalized spacial score (nSPS) is 9.47. The SMILES string of the molecule is CC(=O)OCCc1ccccc1.CC(C)CC(=O)O. The number of esters is 1. The molecule has 1 rings (SSSR count). The van der Waals surface area contributed by atoms with Gasteiger partial charge >= 0.3 is 11.9 Å². The lowest BCUT2D eigenvalue weighted by Crippen LogP contribution is -2.02. The van der Waals surface area contributed by atoms with Gasteiger partial charge in [-0.05, 0) is 11.5 Å². The summed E-state index contributed by atoms with van der Waals surface area (Å²) in [5.41, 5.74) is 1.19. The minimum absolute atomic E-state index is 0.217. The van der Waals surface area contributed by atoms with Crippen LogP contribution in [0, 0.1) is 5.92 Å². The molecule has 1 aromatic carbocycles. The molecular weight excluding hydrogens is 244 g/mol. The predicted octanol–water partition coefficient (Wildman–Crippen LogP) is 2.91. The predicted molar refractivity (Wildman–Crippen MR) is 73.9 cm³/mol. The first-order valence-corrected chi connectivity index (χ1v) is 6.31. The van der Waals surface area contributed by atoms with Crippen LogP contribution in [0.1, 0.15) is 32.8 Å². The maximum Gasteiger partial charge on any atom is 0.303 e. The number of rotatable bonds is 5. The zero-order valence-corrected chi connectivity index (χ0v) is 11.8. The molecule has 0 aliphatic heterocycles. The summed E-state index contributed by atoms with van der Waals surface area (Å²) in [7, 11) is 0. The average molecular weight is 266 g/mol. The number of hydrogen-bond donors (Lipinski definition) is 1. The summed E-state index contributed by atoms with van der Waals surface area (Å²) < 4.78 is 4.81. The van der Waals surface area contributed by atoms with Crippen LogP contribution in [0.3, 0.4) is 0 Å². The zero-order valence-electron chi connectivity index (χ0n) is 11.8. The molecule has 4 nitrogen and oxygen atoms in total. The molecule has 0 spiro atoms. The molecule has 19 heavy (non-hydrogen) atoms. The van der Waals surface area contributed by atoms with Crippen molar-refractivity contribution >= 4 is 11.9 Å². The van der Waals surface area contributed by atoms with Gasteiger partial charge < -0.3 is 9.84 Å². The van der Waals surface area contributed by atoms with Crippen LogP contribution in [0.5, 0.6) is 0 Å². The van der Waals surface area contributed by atoms with Crippen LogP contribution in [-0.2, 0) is 20.7 Å². The Labute approximate surface area is 114 Å². The maximum atomic E-state index is 10.4. The second-order valence-electron chi connectivity index (χ2n) is 4.57. The van der Waals surface area contributed by atoms with Crippen LogP contribution in [0.2, 0.25) is 0 Å². The molecule has 0 amide bonds. The van der Waals surface area contributed by atoms with Crippen molar-refractivity contribution in [3.63, 3.8) is 0 Å². The first-order valence-electron chi connectivity index (χ1n) is 6.31. The number of hydrogen-bond acceptors (Lipinski definition) is 3. The van der Waals surface area contributed by atoms with Gasteiger partial charge in [-0.15, -0.1) is 0 Å². The molecule has 1 N–H and O–H groups in total. The van der Waals surface area contributed by atoms with Crippen LogP contribution in [0.25, 0.3) is 0 Å². The van der Waals surface area contributed by atoms with E-state index in [1.807, 2.05) is 44.2 Å². The number of carboxylic acids is 1. The summed E-state index contributed by atoms with van der Waals surface area (Å²) in [5.74, 6) is -0.654. The summed E-state index contributed by atoms with van der Waals surface area (Å²) in [4.78, 5) is 20.2. The molecule has 0 fully saturated rings. The average Bonchev–Trinajstić information content (AvgIpc) is 2.28. The van der Waals surface area contributed by atoms with E-state index < -0.39 is 5.97 Å². The minimum Gasteiger partial charge on any atom is -0.481 e. The Morgan fingerprint density at radius 2 is 1.79 bits per heavy atom. The lowest BCUT2D eigenvalue weighted by atomic mass is 10.1. The quantitative estimate of drug-likeness (QED) is 0.832. The van der Waals surface area contributed by atoms with Gasteiger partial charge in [0.15, 0.2) is 0 Å². The van der Waals surface area contributed by atoms with Gasteiger partial charge in [-0.3, -0.25) is 9.59 Å². The molecule has 0 bridgehead atoms. The summed E-state index contributed by atoms with van der Waals surface area (Å²) in [5, 5.41) is 8.08. The second kappa shape index (κ2) is 10.1. The molecule has 0 radical (unpaired) electrons. The van der Waals surface area contributed by atoms with Crippen molar-refractivity contribution in [3.8, 4) is 0 Å². The molecule has 0 saturated heterocycles. The van der Waals surface area contributed by atoms with Crippen molar-refractivity contribution in [2.24, 2.45) is 5.92 Å². The fourth-order valence-corrected chi connectivity index (χ4v) is 1.31. The van der Waals surface area contributed by atoms with Crippen LogP contribution in [0.4, 0.5) is 0 Å². The Kier molecular flexibility index (Phi) is 9.14. The molecule has 0 atom stereocenters. The van der Waals surface area contributed by atoms with Crippen molar-refractivity contribution in [1.82, 2.24) is 0 Å². The van der Waals surface area contributed by atoms with E-state index in [1.165, 1.54) is 12.5 Å². The molecular formula is C15H22O4. The highest BCUT2D eigenvalue weighted by molar-refractivity contribution is 5.66. The Morgan fingerprint density at radius 3 is 2.16 bits per heavy atom. The monoisotopic (exact) mass is 266 g/mol. The largest absolute Gasteiger partial charge is 0.481 e. The fraction of sp³-hybridized carbons (Fsp3) is 0.467. The van der Waals surface area contributed by atoms with E-state index in [-0.39, 0.29) is 18.3 Å². The second-order valence-corrected chi connectivity index (χ2v) is 4.57. The molecule has 0 heterocycles. The van der Waals surface area contributed by atoms with Crippen molar-refractivity contribution in [2.75, 3.05) is 6.61 Å². The molecule has 0 aliphatic rings. The smallest absolute Gasteiger partial charge is 0.303 e. The molecule has 4 heteroatoms. The van der Waals surface area contributed by atoms with Gasteiger partial charge in [0.25, 0.3) is 0 Å². The van der Waals surface area contributed by atoms with Gasteiger partial charge in [0.05, 0.1) is 6.61 Å². The van der Waals surface area contributed by atoms with Crippen molar-refractivity contribution in [2.45, 2.75) is 33.6 Å². The Morgan fingerprint density at radius 1 is 1.21 bits per heavy atom. The number of carbonyl (C=O) groups excluding carboxylic acids is 1. The molecule has 1 aromatic rings. The minimum atomic E-state index is -0.713. The van der Waals surface area contributed by atoms with Gasteiger partial charge in [0, 0.05) is 19.8 Å². The zero-order chi connectivity index (χ0) is 14.7. The molecule has 0 saturated carbocycles. The van der Waals surface area contributed by atoms with Crippen molar-refractivity contribution < 1.29 is 19.4 Å². The van der Waals surface area contributed by atoms with E-state index >= 15 is 0 Å². The maximum absolute atomic E-state index is 10.4. The van der Waals surface area contributed by atoms with Gasteiger partial charge in [0.1, 0.15) is 0 Å². The fourth-order valence-electron chi connectivity index (χ4n) is 1.31. The number of benzene rings is 1. The summed E-state index contributed by atoms with van der Waals surface area (Å²) in [6.07, 6.45) is 1.07. The van der Waals surface area contributed by atoms with Crippen LogP contribution in [-0.4, -0.2) is 23.7 Å². The van der Waals surface area contributed by atoms with Crippen molar-refractivity contribution in [3.05, 3.63) is 35.9 Å². The lowest BCUT2D eigenvalue weighted by molar-refractivity contribution is -0.141. The Balaban J connectivity index is 0.000000399. The first kappa shape index (κ1) is 17.2. The standard InChI is InChI=1S/C10H12O2.C5H10O2/c1-9(11)12-8-7-10-5-3-2-4-6-10;1-4(2)3-5(6)7/h2-6H,7-8H2,1H3;4H,3H2,1-2H3,(H,6,7). The summed E-state index contributed by atoms with van der Waals surface area (Å²) >= 11 is 0. The van der Waals surface area contributed by atoms with E-state index in [1.54, 1.807) is 0 Å². The van der Waals surface area contributed by atoms with E-state index in [0.29, 0.717) is 6.61 Å². The van der Waals surface area contributed by atoms with E-state index in [2.05, 4.69) is 0 Å². The number of aliphatic carboxylic acids is 1. The topological polar surface area (TPSA) is 63.6 Å². The number of carboxylic acid groups (broad SMARTS) is 1. The summed E-state index contributed by atoms with van der Waals surface area (Å²) in [6, 6.07) is 9.95. The molecule has 0 unspecified atom stereocenters. The van der Waals surface area contributed by atoms with E-state index in [0.717, 1.165) is 6.42 Å². The van der Waals surface area contributed by atoms with E-state index in [4.69, 9.17) is 9.84 Å². The van der Waals surface area contributed by atoms with E-state index in [9.17, 15) is 9.59 Å². The highest BCUT2D eigenvalue weighted by Gasteiger charge is 1.98. The van der Waals surface area contributed by atoms with Crippen molar-refractivity contribution in [1.29, 1.82) is 0 Å². The summed E-state index contributed by atoms with van der Waals surface area (Å²) in [6.45, 7) is 5.66. The van der Waals surface area contributed by atoms with Gasteiger partial charge in [0.2, 0.25) is 0 Å². The molecule has 0 aliphatic carbocycles. The lowest BCUT2D eigenvalue weighted by Gasteiger charge is -2.00. The third-order valence-electron chi connectivity index (χ3n) is 2.12. The Hall–Kier alpha value is -1.84. The number of ether oxygens (including phenoxy) is 1. The third-order valence-corrected chi connectivity index (χ3v) is 2.12. The van der Waals surface area contributed by atoms with Crippen LogP contribution >= 0.6 is 0 Å². The molecule has 0 aromatic heterocycles. The first-order chi connectivity index (χ1) is 8.91. The van der Waals surface area contributed by atoms with Gasteiger partial charge in [-0.25, -0.2) is 0 Å². The van der Waals surface area contributed by atoms with Crippen LogP contribution in [0.15, 0.2) is 30.3 Å². The number of carbonyl (C=O) groups is 2. The highest BCUT2D eigenvalue weighted by atomic mass is 16.5.